The van der Waals surface area contributed by atoms with Crippen LogP contribution in [0.4, 0.5) is 5.82 Å². The molecule has 0 spiro atoms. The Labute approximate surface area is 116 Å². The lowest BCUT2D eigenvalue weighted by Crippen LogP contribution is -2.26. The molecule has 0 saturated heterocycles. The lowest BCUT2D eigenvalue weighted by molar-refractivity contribution is -0.00698. The highest BCUT2D eigenvalue weighted by Crippen LogP contribution is 2.36. The van der Waals surface area contributed by atoms with Gasteiger partial charge in [-0.3, -0.25) is 4.98 Å². The van der Waals surface area contributed by atoms with E-state index in [0.29, 0.717) is 18.1 Å². The average molecular weight is 263 g/mol. The van der Waals surface area contributed by atoms with Gasteiger partial charge < -0.3 is 10.1 Å². The zero-order chi connectivity index (χ0) is 13.7. The van der Waals surface area contributed by atoms with Crippen LogP contribution in [0.3, 0.4) is 0 Å². The number of nitrogens with one attached hydrogen (secondary N) is 1. The normalized spacial score (nSPS) is 19.3. The Morgan fingerprint density at radius 3 is 2.58 bits per heavy atom. The number of anilines is 1. The van der Waals surface area contributed by atoms with Crippen LogP contribution in [0.15, 0.2) is 12.4 Å². The van der Waals surface area contributed by atoms with Gasteiger partial charge in [0.25, 0.3) is 0 Å². The van der Waals surface area contributed by atoms with Gasteiger partial charge in [-0.1, -0.05) is 13.8 Å². The second kappa shape index (κ2) is 6.33. The van der Waals surface area contributed by atoms with E-state index in [1.807, 2.05) is 6.92 Å². The zero-order valence-electron chi connectivity index (χ0n) is 12.3. The molecule has 106 valence electrons. The molecule has 1 fully saturated rings. The summed E-state index contributed by atoms with van der Waals surface area (Å²) in [7, 11) is 0. The first kappa shape index (κ1) is 14.3. The largest absolute Gasteiger partial charge is 0.372 e. The molecule has 1 aromatic rings. The van der Waals surface area contributed by atoms with E-state index in [1.165, 1.54) is 12.8 Å². The molecular formula is C15H25N3O. The number of aromatic nitrogens is 2. The number of hydrogen-bond donors (Lipinski definition) is 1. The predicted molar refractivity (Wildman–Crippen MR) is 77.0 cm³/mol. The van der Waals surface area contributed by atoms with E-state index >= 15 is 0 Å². The lowest BCUT2D eigenvalue weighted by Gasteiger charge is -2.34. The molecule has 19 heavy (non-hydrogen) atoms. The second-order valence-electron chi connectivity index (χ2n) is 6.10. The van der Waals surface area contributed by atoms with Crippen molar-refractivity contribution in [2.24, 2.45) is 5.41 Å². The maximum absolute atomic E-state index is 5.94. The molecule has 1 saturated carbocycles. The van der Waals surface area contributed by atoms with Crippen molar-refractivity contribution in [3.8, 4) is 0 Å². The summed E-state index contributed by atoms with van der Waals surface area (Å²) < 4.78 is 5.94. The summed E-state index contributed by atoms with van der Waals surface area (Å²) in [5.74, 6) is 0.825. The monoisotopic (exact) mass is 263 g/mol. The van der Waals surface area contributed by atoms with E-state index in [-0.39, 0.29) is 0 Å². The summed E-state index contributed by atoms with van der Waals surface area (Å²) in [6.45, 7) is 8.17. The molecule has 2 rings (SSSR count). The van der Waals surface area contributed by atoms with Crippen LogP contribution in [0.2, 0.25) is 0 Å². The third kappa shape index (κ3) is 4.46. The molecule has 0 aliphatic heterocycles. The molecule has 4 heteroatoms. The standard InChI is InChI=1S/C15H25N3O/c1-4-16-14-10-17-12(9-18-14)11-19-13-5-7-15(2,3)8-6-13/h9-10,13H,4-8,11H2,1-3H3,(H,16,18). The van der Waals surface area contributed by atoms with E-state index in [4.69, 9.17) is 4.74 Å². The lowest BCUT2D eigenvalue weighted by atomic mass is 9.76. The molecule has 0 amide bonds. The molecule has 1 aliphatic carbocycles. The van der Waals surface area contributed by atoms with E-state index in [0.717, 1.165) is 30.9 Å². The molecule has 0 radical (unpaired) electrons. The van der Waals surface area contributed by atoms with Crippen LogP contribution in [-0.2, 0) is 11.3 Å². The molecule has 4 nitrogen and oxygen atoms in total. The van der Waals surface area contributed by atoms with Gasteiger partial charge in [-0.15, -0.1) is 0 Å². The Hall–Kier alpha value is -1.16. The maximum Gasteiger partial charge on any atom is 0.144 e. The Balaban J connectivity index is 1.76. The molecule has 1 N–H and O–H groups in total. The highest BCUT2D eigenvalue weighted by atomic mass is 16.5. The van der Waals surface area contributed by atoms with Crippen molar-refractivity contribution in [2.45, 2.75) is 59.2 Å². The Kier molecular flexibility index (Phi) is 4.75. The topological polar surface area (TPSA) is 47.0 Å². The van der Waals surface area contributed by atoms with Crippen LogP contribution in [0, 0.1) is 5.41 Å². The molecule has 1 aliphatic rings. The molecule has 0 bridgehead atoms. The third-order valence-corrected chi connectivity index (χ3v) is 3.82. The zero-order valence-corrected chi connectivity index (χ0v) is 12.3. The van der Waals surface area contributed by atoms with Gasteiger partial charge in [-0.05, 0) is 38.0 Å². The molecular weight excluding hydrogens is 238 g/mol. The van der Waals surface area contributed by atoms with Gasteiger partial charge in [0, 0.05) is 6.54 Å². The SMILES string of the molecule is CCNc1cnc(COC2CCC(C)(C)CC2)cn1. The first-order valence-electron chi connectivity index (χ1n) is 7.25. The fraction of sp³-hybridized carbons (Fsp3) is 0.733. The van der Waals surface area contributed by atoms with Crippen LogP contribution < -0.4 is 5.32 Å². The van der Waals surface area contributed by atoms with Crippen molar-refractivity contribution in [1.82, 2.24) is 9.97 Å². The van der Waals surface area contributed by atoms with Gasteiger partial charge in [-0.25, -0.2) is 4.98 Å². The third-order valence-electron chi connectivity index (χ3n) is 3.82. The maximum atomic E-state index is 5.94. The number of hydrogen-bond acceptors (Lipinski definition) is 4. The van der Waals surface area contributed by atoms with Gasteiger partial charge in [0.1, 0.15) is 5.82 Å². The number of ether oxygens (including phenoxy) is 1. The van der Waals surface area contributed by atoms with E-state index < -0.39 is 0 Å². The summed E-state index contributed by atoms with van der Waals surface area (Å²) in [5, 5.41) is 3.13. The van der Waals surface area contributed by atoms with Gasteiger partial charge in [0.2, 0.25) is 0 Å². The average Bonchev–Trinajstić information content (AvgIpc) is 2.40. The summed E-state index contributed by atoms with van der Waals surface area (Å²) in [6, 6.07) is 0. The van der Waals surface area contributed by atoms with Crippen molar-refractivity contribution in [2.75, 3.05) is 11.9 Å². The first-order chi connectivity index (χ1) is 9.09. The second-order valence-corrected chi connectivity index (χ2v) is 6.10. The molecule has 0 aromatic carbocycles. The molecule has 1 heterocycles. The van der Waals surface area contributed by atoms with Crippen molar-refractivity contribution in [1.29, 1.82) is 0 Å². The van der Waals surface area contributed by atoms with Gasteiger partial charge >= 0.3 is 0 Å². The summed E-state index contributed by atoms with van der Waals surface area (Å²) in [6.07, 6.45) is 8.79. The summed E-state index contributed by atoms with van der Waals surface area (Å²) in [4.78, 5) is 8.66. The fourth-order valence-electron chi connectivity index (χ4n) is 2.44. The van der Waals surface area contributed by atoms with E-state index in [9.17, 15) is 0 Å². The van der Waals surface area contributed by atoms with E-state index in [1.54, 1.807) is 12.4 Å². The van der Waals surface area contributed by atoms with Crippen molar-refractivity contribution in [3.05, 3.63) is 18.1 Å². The Bertz CT molecular complexity index is 379. The van der Waals surface area contributed by atoms with E-state index in [2.05, 4.69) is 29.1 Å². The molecule has 0 atom stereocenters. The van der Waals surface area contributed by atoms with Crippen LogP contribution in [-0.4, -0.2) is 22.6 Å². The summed E-state index contributed by atoms with van der Waals surface area (Å²) >= 11 is 0. The van der Waals surface area contributed by atoms with Crippen molar-refractivity contribution < 1.29 is 4.74 Å². The smallest absolute Gasteiger partial charge is 0.144 e. The van der Waals surface area contributed by atoms with Crippen LogP contribution in [0.25, 0.3) is 0 Å². The van der Waals surface area contributed by atoms with Crippen molar-refractivity contribution in [3.63, 3.8) is 0 Å². The first-order valence-corrected chi connectivity index (χ1v) is 7.25. The number of nitrogens with zero attached hydrogens (tertiary/aromatic N) is 2. The minimum absolute atomic E-state index is 0.392. The Morgan fingerprint density at radius 2 is 2.00 bits per heavy atom. The number of rotatable bonds is 5. The Morgan fingerprint density at radius 1 is 1.26 bits per heavy atom. The highest BCUT2D eigenvalue weighted by Gasteiger charge is 2.27. The predicted octanol–water partition coefficient (Wildman–Crippen LogP) is 3.39. The van der Waals surface area contributed by atoms with Crippen LogP contribution >= 0.6 is 0 Å². The summed E-state index contributed by atoms with van der Waals surface area (Å²) in [5.41, 5.74) is 1.40. The minimum Gasteiger partial charge on any atom is -0.372 e. The van der Waals surface area contributed by atoms with Gasteiger partial charge in [0.15, 0.2) is 0 Å². The highest BCUT2D eigenvalue weighted by molar-refractivity contribution is 5.30. The molecule has 0 unspecified atom stereocenters. The quantitative estimate of drug-likeness (QED) is 0.884. The van der Waals surface area contributed by atoms with Gasteiger partial charge in [0.05, 0.1) is 30.8 Å². The fourth-order valence-corrected chi connectivity index (χ4v) is 2.44. The van der Waals surface area contributed by atoms with Crippen molar-refractivity contribution >= 4 is 5.82 Å². The van der Waals surface area contributed by atoms with Crippen LogP contribution in [0.5, 0.6) is 0 Å². The van der Waals surface area contributed by atoms with Gasteiger partial charge in [-0.2, -0.15) is 0 Å². The minimum atomic E-state index is 0.392. The van der Waals surface area contributed by atoms with Crippen LogP contribution in [0.1, 0.15) is 52.1 Å². The molecule has 1 aromatic heterocycles.